The van der Waals surface area contributed by atoms with E-state index < -0.39 is 116 Å². The van der Waals surface area contributed by atoms with Crippen LogP contribution < -0.4 is 25.8 Å². The molecular weight excluding hydrogens is 1240 g/mol. The van der Waals surface area contributed by atoms with E-state index in [9.17, 15) is 39.6 Å². The van der Waals surface area contributed by atoms with Crippen molar-refractivity contribution in [2.45, 2.75) is 252 Å². The number of nitrogens with zero attached hydrogens (tertiary/aromatic N) is 1. The molecule has 3 saturated heterocycles. The topological polar surface area (TPSA) is 264 Å². The molecular formula is C74H113N5O14SSi. The molecule has 2 aromatic carbocycles. The molecule has 1 spiro atoms. The molecule has 4 amide bonds. The highest BCUT2D eigenvalue weighted by molar-refractivity contribution is 7.79. The summed E-state index contributed by atoms with van der Waals surface area (Å²) >= 11 is 5.42. The molecule has 0 radical (unpaired) electrons. The van der Waals surface area contributed by atoms with Gasteiger partial charge in [0.25, 0.3) is 5.91 Å². The van der Waals surface area contributed by atoms with E-state index in [0.29, 0.717) is 49.8 Å². The Kier molecular flexibility index (Phi) is 29.3. The van der Waals surface area contributed by atoms with Gasteiger partial charge in [-0.15, -0.1) is 0 Å². The van der Waals surface area contributed by atoms with Crippen LogP contribution in [0.1, 0.15) is 165 Å². The molecule has 4 aliphatic rings. The van der Waals surface area contributed by atoms with Crippen LogP contribution in [0.25, 0.3) is 0 Å². The Morgan fingerprint density at radius 2 is 1.60 bits per heavy atom. The van der Waals surface area contributed by atoms with Crippen molar-refractivity contribution in [2.75, 3.05) is 6.54 Å². The van der Waals surface area contributed by atoms with Gasteiger partial charge in [0.15, 0.2) is 0 Å². The Hall–Kier alpha value is -5.78. The van der Waals surface area contributed by atoms with Crippen LogP contribution in [0.4, 0.5) is 0 Å². The summed E-state index contributed by atoms with van der Waals surface area (Å²) in [6.07, 6.45) is 10.8. The molecule has 0 saturated carbocycles. The van der Waals surface area contributed by atoms with Gasteiger partial charge >= 0.3 is 11.2 Å². The van der Waals surface area contributed by atoms with Gasteiger partial charge in [-0.3, -0.25) is 29.0 Å². The number of esters is 1. The van der Waals surface area contributed by atoms with E-state index in [-0.39, 0.29) is 84.6 Å². The number of aliphatic hydroxyl groups is 4. The first kappa shape index (κ1) is 78.2. The highest BCUT2D eigenvalue weighted by atomic mass is 32.1. The van der Waals surface area contributed by atoms with Crippen LogP contribution in [0.3, 0.4) is 0 Å². The predicted octanol–water partition coefficient (Wildman–Crippen LogP) is 10.4. The molecule has 18 atom stereocenters. The zero-order chi connectivity index (χ0) is 70.1. The highest BCUT2D eigenvalue weighted by Gasteiger charge is 2.57. The normalized spacial score (nSPS) is 31.4. The van der Waals surface area contributed by atoms with Gasteiger partial charge in [0.05, 0.1) is 36.4 Å². The summed E-state index contributed by atoms with van der Waals surface area (Å²) in [5, 5.41) is 57.1. The molecule has 19 nitrogen and oxygen atoms in total. The molecule has 528 valence electrons. The fourth-order valence-electron chi connectivity index (χ4n) is 12.9. The Morgan fingerprint density at radius 1 is 0.895 bits per heavy atom. The SMILES string of the molecule is CC[C@H]1C[C@H](C)[C@@]2(NC1=O)O[C@@H](C[C@H](O)[C@@H](C)CC/C=C/C=C(\C)C1C/C=C/C=C/[C@H](O)[C@H](C)[C@@H](O)[C@@H](CCC(C)OC(=S)OCc3ccccc3)C(=O)N[C@@H](C(C)C)C(=O)NC(Cc3cccc(O[Si](C)(C)C(C)(C)C)c3)C(=O)N3CCC[C@H](N3)C(=O)O1)[C@H](C)[C@H](O)[C@@H]2C. The van der Waals surface area contributed by atoms with Crippen molar-refractivity contribution in [2.24, 2.45) is 47.3 Å². The zero-order valence-corrected chi connectivity index (χ0v) is 60.9. The van der Waals surface area contributed by atoms with Gasteiger partial charge in [0, 0.05) is 67.6 Å². The van der Waals surface area contributed by atoms with Crippen LogP contribution in [0, 0.1) is 47.3 Å². The minimum atomic E-state index is -2.30. The number of nitrogens with one attached hydrogen (secondary N) is 4. The van der Waals surface area contributed by atoms with Gasteiger partial charge in [-0.25, -0.2) is 5.43 Å². The number of thiocarbonyl (C=S) groups is 1. The molecule has 3 fully saturated rings. The summed E-state index contributed by atoms with van der Waals surface area (Å²) in [5.41, 5.74) is 4.45. The Labute approximate surface area is 572 Å². The lowest BCUT2D eigenvalue weighted by Crippen LogP contribution is -2.71. The number of rotatable bonds is 20. The van der Waals surface area contributed by atoms with Crippen molar-refractivity contribution < 1.29 is 67.8 Å². The summed E-state index contributed by atoms with van der Waals surface area (Å²) in [6, 6.07) is 13.6. The summed E-state index contributed by atoms with van der Waals surface area (Å²) in [6.45, 7) is 29.9. The van der Waals surface area contributed by atoms with E-state index in [4.69, 9.17) is 35.6 Å². The van der Waals surface area contributed by atoms with E-state index >= 15 is 4.79 Å². The summed E-state index contributed by atoms with van der Waals surface area (Å²) in [4.78, 5) is 72.4. The molecule has 2 aromatic rings. The number of ether oxygens (including phenoxy) is 4. The molecule has 6 rings (SSSR count). The number of aliphatic hydroxyl groups excluding tert-OH is 4. The minimum absolute atomic E-state index is 0.0242. The van der Waals surface area contributed by atoms with Crippen molar-refractivity contribution in [3.8, 4) is 5.75 Å². The first-order valence-corrected chi connectivity index (χ1v) is 38.0. The average molecular weight is 1360 g/mol. The number of amides is 4. The first-order valence-electron chi connectivity index (χ1n) is 34.7. The van der Waals surface area contributed by atoms with Gasteiger partial charge in [-0.2, -0.15) is 0 Å². The lowest BCUT2D eigenvalue weighted by Gasteiger charge is -2.56. The fraction of sp³-hybridized carbons (Fsp3) is 0.649. The maximum Gasteiger partial charge on any atom is 0.352 e. The maximum absolute atomic E-state index is 15.1. The molecule has 95 heavy (non-hydrogen) atoms. The van der Waals surface area contributed by atoms with Crippen LogP contribution in [0.15, 0.2) is 103 Å². The third-order valence-corrected chi connectivity index (χ3v) is 25.2. The van der Waals surface area contributed by atoms with Crippen LogP contribution in [-0.2, 0) is 55.9 Å². The third kappa shape index (κ3) is 21.6. The van der Waals surface area contributed by atoms with E-state index in [0.717, 1.165) is 17.6 Å². The Bertz CT molecular complexity index is 2990. The summed E-state index contributed by atoms with van der Waals surface area (Å²) in [5.74, 6) is -5.24. The predicted molar refractivity (Wildman–Crippen MR) is 375 cm³/mol. The standard InChI is InChI=1S/C74H113N5O14SSi/c1-16-55-40-48(6)74(77-67(55)84)52(10)65(82)51(9)63(92-74)43-61(81)46(4)28-20-17-21-29-47(5)62-36-25-19-24-35-60(80)50(8)66(83)57(38-37-49(7)90-72(94)89-44-53-30-22-18-23-31-53)68(85)76-64(45(2)3)69(86)75-59(70(87)79-39-27-34-58(78-79)71(88)91-62)42-54-32-26-33-56(41-54)93-95(14,15)73(11,12)13/h17-19,21-26,29-33,35,41,45-46,48-52,55,57-66,78,80-83H,16,20,27-28,34,36-40,42-44H2,1-15H3,(H,75,86)(H,76,85)(H,77,84)/b21-17+,25-19+,35-24+,47-29+/t46-,48-,49?,50-,51-,52-,55-,57+,58-,59?,60-,61-,62?,63-,64-,65-,66+,74+/m0/s1. The quantitative estimate of drug-likeness (QED) is 0.0265. The number of piperidine rings is 1. The summed E-state index contributed by atoms with van der Waals surface area (Å²) < 4.78 is 31.4. The van der Waals surface area contributed by atoms with Gasteiger partial charge < -0.3 is 59.7 Å². The van der Waals surface area contributed by atoms with Gasteiger partial charge in [-0.1, -0.05) is 161 Å². The molecule has 4 aliphatic heterocycles. The molecule has 8 N–H and O–H groups in total. The molecule has 4 heterocycles. The minimum Gasteiger partial charge on any atom is -0.543 e. The second-order valence-corrected chi connectivity index (χ2v) is 34.3. The molecule has 21 heteroatoms. The molecule has 3 unspecified atom stereocenters. The van der Waals surface area contributed by atoms with Crippen molar-refractivity contribution in [3.63, 3.8) is 0 Å². The van der Waals surface area contributed by atoms with Crippen molar-refractivity contribution in [1.29, 1.82) is 0 Å². The number of hydrazine groups is 1. The average Bonchev–Trinajstić information content (AvgIpc) is 0.741. The number of hydrogen-bond donors (Lipinski definition) is 8. The number of cyclic esters (lactones) is 1. The van der Waals surface area contributed by atoms with Gasteiger partial charge in [-0.05, 0) is 124 Å². The maximum atomic E-state index is 15.1. The Morgan fingerprint density at radius 3 is 2.28 bits per heavy atom. The van der Waals surface area contributed by atoms with Crippen molar-refractivity contribution in [3.05, 3.63) is 114 Å². The second-order valence-electron chi connectivity index (χ2n) is 29.3. The van der Waals surface area contributed by atoms with Crippen LogP contribution in [0.5, 0.6) is 5.75 Å². The van der Waals surface area contributed by atoms with Crippen LogP contribution in [-0.4, -0.2) is 142 Å². The molecule has 2 bridgehead atoms. The summed E-state index contributed by atoms with van der Waals surface area (Å²) in [7, 11) is -2.30. The number of carbonyl (C=O) groups is 5. The second kappa shape index (κ2) is 35.6. The number of carbonyl (C=O) groups excluding carboxylic acids is 5. The molecule has 0 aliphatic carbocycles. The smallest absolute Gasteiger partial charge is 0.352 e. The van der Waals surface area contributed by atoms with E-state index in [1.54, 1.807) is 39.8 Å². The number of fused-ring (bicyclic) bond motifs is 2. The number of benzene rings is 2. The van der Waals surface area contributed by atoms with Crippen LogP contribution >= 0.6 is 12.2 Å². The van der Waals surface area contributed by atoms with E-state index in [1.165, 1.54) is 11.1 Å². The third-order valence-electron chi connectivity index (χ3n) is 20.6. The largest absolute Gasteiger partial charge is 0.543 e. The zero-order valence-electron chi connectivity index (χ0n) is 59.0. The number of allylic oxidation sites excluding steroid dienone is 5. The first-order chi connectivity index (χ1) is 44.8. The van der Waals surface area contributed by atoms with Crippen molar-refractivity contribution in [1.82, 2.24) is 26.4 Å². The van der Waals surface area contributed by atoms with Gasteiger partial charge in [0.2, 0.25) is 26.0 Å². The highest BCUT2D eigenvalue weighted by Crippen LogP contribution is 2.46. The molecule has 0 aromatic heterocycles. The monoisotopic (exact) mass is 1360 g/mol. The van der Waals surface area contributed by atoms with Crippen molar-refractivity contribution >= 4 is 55.4 Å². The van der Waals surface area contributed by atoms with E-state index in [2.05, 4.69) is 62.2 Å². The van der Waals surface area contributed by atoms with Gasteiger partial charge in [0.1, 0.15) is 48.4 Å². The van der Waals surface area contributed by atoms with E-state index in [1.807, 2.05) is 114 Å². The van der Waals surface area contributed by atoms with Crippen LogP contribution in [0.2, 0.25) is 18.1 Å². The lowest BCUT2D eigenvalue weighted by molar-refractivity contribution is -0.267. The number of hydrogen-bond acceptors (Lipinski definition) is 16. The lowest BCUT2D eigenvalue weighted by atomic mass is 9.69. The fourth-order valence-corrected chi connectivity index (χ4v) is 14.1. The Balaban J connectivity index is 1.24.